The van der Waals surface area contributed by atoms with Gasteiger partial charge in [-0.05, 0) is 17.7 Å². The molecule has 2 rings (SSSR count). The van der Waals surface area contributed by atoms with Gasteiger partial charge in [-0.2, -0.15) is 0 Å². The third kappa shape index (κ3) is 1.85. The summed E-state index contributed by atoms with van der Waals surface area (Å²) in [5.74, 6) is 0.625. The molecule has 15 heavy (non-hydrogen) atoms. The molecule has 4 nitrogen and oxygen atoms in total. The van der Waals surface area contributed by atoms with Crippen molar-refractivity contribution in [2.75, 3.05) is 5.73 Å². The van der Waals surface area contributed by atoms with Crippen molar-refractivity contribution in [3.05, 3.63) is 48.0 Å². The van der Waals surface area contributed by atoms with E-state index in [0.29, 0.717) is 11.5 Å². The first-order valence-electron chi connectivity index (χ1n) is 4.69. The molecule has 0 aliphatic rings. The zero-order valence-electron chi connectivity index (χ0n) is 8.46. The molecule has 78 valence electrons. The molecule has 2 aromatic rings. The molecule has 0 spiro atoms. The van der Waals surface area contributed by atoms with E-state index in [1.807, 2.05) is 7.05 Å². The molecular weight excluding hydrogens is 190 g/mol. The van der Waals surface area contributed by atoms with Crippen LogP contribution in [0.4, 0.5) is 5.69 Å². The minimum atomic E-state index is -0.703. The quantitative estimate of drug-likeness (QED) is 0.718. The second-order valence-corrected chi connectivity index (χ2v) is 3.47. The number of imidazole rings is 1. The molecule has 0 amide bonds. The molecule has 0 bridgehead atoms. The Kier molecular flexibility index (Phi) is 2.43. The first kappa shape index (κ1) is 9.73. The van der Waals surface area contributed by atoms with E-state index in [4.69, 9.17) is 5.73 Å². The number of nitrogens with zero attached hydrogens (tertiary/aromatic N) is 2. The Morgan fingerprint density at radius 3 is 2.53 bits per heavy atom. The van der Waals surface area contributed by atoms with Crippen molar-refractivity contribution in [1.29, 1.82) is 0 Å². The summed E-state index contributed by atoms with van der Waals surface area (Å²) >= 11 is 0. The summed E-state index contributed by atoms with van der Waals surface area (Å²) in [5.41, 5.74) is 7.05. The topological polar surface area (TPSA) is 64.1 Å². The summed E-state index contributed by atoms with van der Waals surface area (Å²) in [6, 6.07) is 7.13. The molecule has 0 radical (unpaired) electrons. The zero-order chi connectivity index (χ0) is 10.8. The maximum absolute atomic E-state index is 10.0. The number of hydrogen-bond donors (Lipinski definition) is 2. The van der Waals surface area contributed by atoms with Crippen LogP contribution in [-0.2, 0) is 7.05 Å². The van der Waals surface area contributed by atoms with Gasteiger partial charge in [0, 0.05) is 25.1 Å². The number of hydrogen-bond acceptors (Lipinski definition) is 3. The van der Waals surface area contributed by atoms with Gasteiger partial charge in [0.2, 0.25) is 0 Å². The number of aryl methyl sites for hydroxylation is 1. The molecular formula is C11H13N3O. The number of anilines is 1. The third-order valence-corrected chi connectivity index (χ3v) is 2.36. The van der Waals surface area contributed by atoms with Crippen LogP contribution >= 0.6 is 0 Å². The largest absolute Gasteiger partial charge is 0.399 e. The van der Waals surface area contributed by atoms with E-state index < -0.39 is 6.10 Å². The summed E-state index contributed by atoms with van der Waals surface area (Å²) in [4.78, 5) is 4.10. The zero-order valence-corrected chi connectivity index (χ0v) is 8.46. The molecule has 0 aliphatic heterocycles. The first-order valence-corrected chi connectivity index (χ1v) is 4.69. The monoisotopic (exact) mass is 203 g/mol. The number of rotatable bonds is 2. The van der Waals surface area contributed by atoms with Gasteiger partial charge in [0.15, 0.2) is 0 Å². The standard InChI is InChI=1S/C11H13N3O/c1-14-7-6-13-11(14)10(15)8-2-4-9(12)5-3-8/h2-7,10,15H,12H2,1H3/t10-/m1/s1. The van der Waals surface area contributed by atoms with Crippen molar-refractivity contribution in [2.45, 2.75) is 6.10 Å². The Labute approximate surface area is 88.0 Å². The summed E-state index contributed by atoms with van der Waals surface area (Å²) in [5, 5.41) is 10.0. The van der Waals surface area contributed by atoms with Gasteiger partial charge in [-0.1, -0.05) is 12.1 Å². The van der Waals surface area contributed by atoms with Crippen molar-refractivity contribution >= 4 is 5.69 Å². The molecule has 0 aliphatic carbocycles. The summed E-state index contributed by atoms with van der Waals surface area (Å²) in [6.45, 7) is 0. The van der Waals surface area contributed by atoms with Gasteiger partial charge < -0.3 is 15.4 Å². The van der Waals surface area contributed by atoms with Gasteiger partial charge in [-0.15, -0.1) is 0 Å². The molecule has 0 saturated heterocycles. The van der Waals surface area contributed by atoms with Gasteiger partial charge in [-0.25, -0.2) is 4.98 Å². The van der Waals surface area contributed by atoms with Gasteiger partial charge in [0.25, 0.3) is 0 Å². The predicted molar refractivity (Wildman–Crippen MR) is 58.1 cm³/mol. The maximum Gasteiger partial charge on any atom is 0.142 e. The fraction of sp³-hybridized carbons (Fsp3) is 0.182. The van der Waals surface area contributed by atoms with E-state index in [9.17, 15) is 5.11 Å². The number of benzene rings is 1. The lowest BCUT2D eigenvalue weighted by atomic mass is 10.1. The highest BCUT2D eigenvalue weighted by atomic mass is 16.3. The Hall–Kier alpha value is -1.81. The molecule has 1 heterocycles. The van der Waals surface area contributed by atoms with E-state index in [2.05, 4.69) is 4.98 Å². The SMILES string of the molecule is Cn1ccnc1[C@H](O)c1ccc(N)cc1. The van der Waals surface area contributed by atoms with Crippen LogP contribution in [-0.4, -0.2) is 14.7 Å². The average molecular weight is 203 g/mol. The molecule has 0 fully saturated rings. The van der Waals surface area contributed by atoms with E-state index >= 15 is 0 Å². The highest BCUT2D eigenvalue weighted by Gasteiger charge is 2.13. The van der Waals surface area contributed by atoms with Crippen molar-refractivity contribution in [2.24, 2.45) is 7.05 Å². The minimum Gasteiger partial charge on any atom is -0.399 e. The Morgan fingerprint density at radius 2 is 2.00 bits per heavy atom. The molecule has 0 saturated carbocycles. The van der Waals surface area contributed by atoms with Gasteiger partial charge in [0.1, 0.15) is 11.9 Å². The van der Waals surface area contributed by atoms with Crippen LogP contribution in [0, 0.1) is 0 Å². The molecule has 1 aromatic carbocycles. The van der Waals surface area contributed by atoms with Crippen LogP contribution in [0.3, 0.4) is 0 Å². The molecule has 4 heteroatoms. The van der Waals surface area contributed by atoms with Crippen LogP contribution in [0.1, 0.15) is 17.5 Å². The summed E-state index contributed by atoms with van der Waals surface area (Å²) in [6.07, 6.45) is 2.76. The Balaban J connectivity index is 2.32. The molecule has 1 aromatic heterocycles. The fourth-order valence-corrected chi connectivity index (χ4v) is 1.47. The molecule has 3 N–H and O–H groups in total. The van der Waals surface area contributed by atoms with Crippen molar-refractivity contribution < 1.29 is 5.11 Å². The normalized spacial score (nSPS) is 12.7. The maximum atomic E-state index is 10.0. The lowest BCUT2D eigenvalue weighted by Gasteiger charge is -2.10. The lowest BCUT2D eigenvalue weighted by molar-refractivity contribution is 0.206. The predicted octanol–water partition coefficient (Wildman–Crippen LogP) is 1.08. The minimum absolute atomic E-state index is 0.625. The number of nitrogens with two attached hydrogens (primary N) is 1. The van der Waals surface area contributed by atoms with E-state index in [-0.39, 0.29) is 0 Å². The van der Waals surface area contributed by atoms with Crippen LogP contribution < -0.4 is 5.73 Å². The third-order valence-electron chi connectivity index (χ3n) is 2.36. The number of nitrogen functional groups attached to an aromatic ring is 1. The number of aromatic nitrogens is 2. The van der Waals surface area contributed by atoms with Crippen molar-refractivity contribution in [1.82, 2.24) is 9.55 Å². The highest BCUT2D eigenvalue weighted by Crippen LogP contribution is 2.20. The Bertz CT molecular complexity index is 447. The highest BCUT2D eigenvalue weighted by molar-refractivity contribution is 5.40. The van der Waals surface area contributed by atoms with Gasteiger partial charge >= 0.3 is 0 Å². The Morgan fingerprint density at radius 1 is 1.33 bits per heavy atom. The number of aliphatic hydroxyl groups excluding tert-OH is 1. The van der Waals surface area contributed by atoms with Crippen molar-refractivity contribution in [3.63, 3.8) is 0 Å². The van der Waals surface area contributed by atoms with E-state index in [1.165, 1.54) is 0 Å². The fourth-order valence-electron chi connectivity index (χ4n) is 1.47. The van der Waals surface area contributed by atoms with Gasteiger partial charge in [0.05, 0.1) is 0 Å². The summed E-state index contributed by atoms with van der Waals surface area (Å²) < 4.78 is 1.79. The average Bonchev–Trinajstić information content (AvgIpc) is 2.65. The van der Waals surface area contributed by atoms with Crippen LogP contribution in [0.25, 0.3) is 0 Å². The summed E-state index contributed by atoms with van der Waals surface area (Å²) in [7, 11) is 1.85. The van der Waals surface area contributed by atoms with Crippen LogP contribution in [0.5, 0.6) is 0 Å². The second-order valence-electron chi connectivity index (χ2n) is 3.47. The molecule has 1 atom stereocenters. The van der Waals surface area contributed by atoms with Crippen LogP contribution in [0.2, 0.25) is 0 Å². The lowest BCUT2D eigenvalue weighted by Crippen LogP contribution is -2.06. The van der Waals surface area contributed by atoms with E-state index in [0.717, 1.165) is 5.56 Å². The number of aliphatic hydroxyl groups is 1. The second kappa shape index (κ2) is 3.74. The van der Waals surface area contributed by atoms with Gasteiger partial charge in [-0.3, -0.25) is 0 Å². The smallest absolute Gasteiger partial charge is 0.142 e. The van der Waals surface area contributed by atoms with Crippen LogP contribution in [0.15, 0.2) is 36.7 Å². The first-order chi connectivity index (χ1) is 7.18. The molecule has 0 unspecified atom stereocenters. The van der Waals surface area contributed by atoms with E-state index in [1.54, 1.807) is 41.2 Å². The van der Waals surface area contributed by atoms with Crippen molar-refractivity contribution in [3.8, 4) is 0 Å².